The number of amides is 3. The van der Waals surface area contributed by atoms with Gasteiger partial charge in [0.15, 0.2) is 5.76 Å². The van der Waals surface area contributed by atoms with Gasteiger partial charge in [0.25, 0.3) is 11.8 Å². The molecule has 7 nitrogen and oxygen atoms in total. The van der Waals surface area contributed by atoms with Gasteiger partial charge >= 0.3 is 0 Å². The molecule has 2 aromatic carbocycles. The lowest BCUT2D eigenvalue weighted by Gasteiger charge is -2.10. The third-order valence-corrected chi connectivity index (χ3v) is 4.49. The average Bonchev–Trinajstić information content (AvgIpc) is 3.23. The van der Waals surface area contributed by atoms with Crippen molar-refractivity contribution < 1.29 is 18.8 Å². The Labute approximate surface area is 175 Å². The fourth-order valence-electron chi connectivity index (χ4n) is 2.56. The zero-order valence-electron chi connectivity index (χ0n) is 15.5. The minimum Gasteiger partial charge on any atom is -0.459 e. The molecule has 0 aliphatic heterocycles. The second-order valence-corrected chi connectivity index (χ2v) is 7.12. The molecule has 1 heterocycles. The van der Waals surface area contributed by atoms with E-state index in [2.05, 4.69) is 31.9 Å². The van der Waals surface area contributed by atoms with Crippen LogP contribution in [0.1, 0.15) is 26.5 Å². The maximum absolute atomic E-state index is 12.4. The third-order valence-electron chi connectivity index (χ3n) is 4.00. The van der Waals surface area contributed by atoms with Crippen molar-refractivity contribution >= 4 is 45.0 Å². The summed E-state index contributed by atoms with van der Waals surface area (Å²) in [5, 5.41) is 7.97. The Balaban J connectivity index is 1.56. The van der Waals surface area contributed by atoms with Crippen molar-refractivity contribution in [3.05, 3.63) is 82.2 Å². The van der Waals surface area contributed by atoms with E-state index in [1.54, 1.807) is 30.3 Å². The maximum atomic E-state index is 12.4. The number of rotatable bonds is 6. The highest BCUT2D eigenvalue weighted by molar-refractivity contribution is 9.10. The van der Waals surface area contributed by atoms with Gasteiger partial charge in [0.1, 0.15) is 0 Å². The molecule has 8 heteroatoms. The van der Waals surface area contributed by atoms with Crippen LogP contribution < -0.4 is 16.0 Å². The lowest BCUT2D eigenvalue weighted by Crippen LogP contribution is -2.33. The van der Waals surface area contributed by atoms with Crippen molar-refractivity contribution in [2.24, 2.45) is 0 Å². The average molecular weight is 456 g/mol. The molecule has 1 aromatic heterocycles. The van der Waals surface area contributed by atoms with Crippen LogP contribution in [0, 0.1) is 6.92 Å². The zero-order chi connectivity index (χ0) is 20.8. The highest BCUT2D eigenvalue weighted by Crippen LogP contribution is 2.19. The summed E-state index contributed by atoms with van der Waals surface area (Å²) in [5.41, 5.74) is 2.33. The second kappa shape index (κ2) is 9.20. The number of aryl methyl sites for hydroxylation is 1. The molecule has 0 aliphatic rings. The van der Waals surface area contributed by atoms with Crippen molar-refractivity contribution in [2.45, 2.75) is 6.92 Å². The van der Waals surface area contributed by atoms with E-state index in [0.717, 1.165) is 10.0 Å². The number of nitrogens with one attached hydrogen (secondary N) is 3. The minimum atomic E-state index is -0.429. The Bertz CT molecular complexity index is 1050. The van der Waals surface area contributed by atoms with E-state index in [9.17, 15) is 14.4 Å². The van der Waals surface area contributed by atoms with Crippen LogP contribution >= 0.6 is 15.9 Å². The standard InChI is InChI=1S/C21H18BrN3O4/c1-13-10-15(22)7-8-17(13)25-19(26)12-23-20(27)14-4-2-5-16(11-14)24-21(28)18-6-3-9-29-18/h2-11H,12H2,1H3,(H,23,27)(H,24,28)(H,25,26). The van der Waals surface area contributed by atoms with E-state index in [4.69, 9.17) is 4.42 Å². The SMILES string of the molecule is Cc1cc(Br)ccc1NC(=O)CNC(=O)c1cccc(NC(=O)c2ccco2)c1. The second-order valence-electron chi connectivity index (χ2n) is 6.20. The first-order valence-corrected chi connectivity index (χ1v) is 9.51. The smallest absolute Gasteiger partial charge is 0.291 e. The first-order chi connectivity index (χ1) is 13.9. The molecule has 29 heavy (non-hydrogen) atoms. The molecule has 0 saturated heterocycles. The summed E-state index contributed by atoms with van der Waals surface area (Å²) in [7, 11) is 0. The molecule has 148 valence electrons. The molecule has 0 fully saturated rings. The van der Waals surface area contributed by atoms with Gasteiger partial charge in [-0.2, -0.15) is 0 Å². The van der Waals surface area contributed by atoms with Crippen LogP contribution in [0.4, 0.5) is 11.4 Å². The van der Waals surface area contributed by atoms with Crippen LogP contribution in [0.25, 0.3) is 0 Å². The molecule has 0 saturated carbocycles. The quantitative estimate of drug-likeness (QED) is 0.523. The number of anilines is 2. The van der Waals surface area contributed by atoms with Gasteiger partial charge in [-0.15, -0.1) is 0 Å². The number of benzene rings is 2. The summed E-state index contributed by atoms with van der Waals surface area (Å²) in [4.78, 5) is 36.5. The molecule has 3 amide bonds. The van der Waals surface area contributed by atoms with Gasteiger partial charge in [0.05, 0.1) is 12.8 Å². The van der Waals surface area contributed by atoms with Gasteiger partial charge in [-0.25, -0.2) is 0 Å². The predicted molar refractivity (Wildman–Crippen MR) is 113 cm³/mol. The first-order valence-electron chi connectivity index (χ1n) is 8.71. The van der Waals surface area contributed by atoms with Crippen LogP contribution in [-0.2, 0) is 4.79 Å². The largest absolute Gasteiger partial charge is 0.459 e. The molecule has 3 rings (SSSR count). The van der Waals surface area contributed by atoms with Crippen LogP contribution in [0.3, 0.4) is 0 Å². The lowest BCUT2D eigenvalue weighted by molar-refractivity contribution is -0.115. The van der Waals surface area contributed by atoms with Crippen molar-refractivity contribution in [1.82, 2.24) is 5.32 Å². The third kappa shape index (κ3) is 5.55. The highest BCUT2D eigenvalue weighted by Gasteiger charge is 2.12. The molecule has 0 unspecified atom stereocenters. The van der Waals surface area contributed by atoms with E-state index >= 15 is 0 Å². The summed E-state index contributed by atoms with van der Waals surface area (Å²) >= 11 is 3.37. The molecule has 3 N–H and O–H groups in total. The molecule has 0 aliphatic carbocycles. The van der Waals surface area contributed by atoms with Gasteiger partial charge in [-0.3, -0.25) is 14.4 Å². The Morgan fingerprint density at radius 1 is 0.966 bits per heavy atom. The summed E-state index contributed by atoms with van der Waals surface area (Å²) in [6, 6.07) is 15.0. The van der Waals surface area contributed by atoms with Gasteiger partial charge in [-0.05, 0) is 61.0 Å². The number of carbonyl (C=O) groups excluding carboxylic acids is 3. The number of furan rings is 1. The normalized spacial score (nSPS) is 10.3. The summed E-state index contributed by atoms with van der Waals surface area (Å²) in [6.07, 6.45) is 1.40. The Kier molecular flexibility index (Phi) is 6.46. The predicted octanol–water partition coefficient (Wildman–Crippen LogP) is 3.97. The molecular formula is C21H18BrN3O4. The van der Waals surface area contributed by atoms with E-state index < -0.39 is 11.8 Å². The van der Waals surface area contributed by atoms with Crippen LogP contribution in [0.5, 0.6) is 0 Å². The number of halogens is 1. The maximum Gasteiger partial charge on any atom is 0.291 e. The fourth-order valence-corrected chi connectivity index (χ4v) is 3.04. The fraction of sp³-hybridized carbons (Fsp3) is 0.0952. The molecule has 3 aromatic rings. The summed E-state index contributed by atoms with van der Waals surface area (Å²) in [5.74, 6) is -1.02. The Morgan fingerprint density at radius 2 is 1.79 bits per heavy atom. The molecule has 0 bridgehead atoms. The van der Waals surface area contributed by atoms with Gasteiger partial charge < -0.3 is 20.4 Å². The van der Waals surface area contributed by atoms with Crippen molar-refractivity contribution in [3.63, 3.8) is 0 Å². The zero-order valence-corrected chi connectivity index (χ0v) is 17.1. The summed E-state index contributed by atoms with van der Waals surface area (Å²) in [6.45, 7) is 1.69. The van der Waals surface area contributed by atoms with E-state index in [-0.39, 0.29) is 18.2 Å². The van der Waals surface area contributed by atoms with E-state index in [1.165, 1.54) is 18.4 Å². The lowest BCUT2D eigenvalue weighted by atomic mass is 10.2. The monoisotopic (exact) mass is 455 g/mol. The Morgan fingerprint density at radius 3 is 2.52 bits per heavy atom. The summed E-state index contributed by atoms with van der Waals surface area (Å²) < 4.78 is 5.95. The topological polar surface area (TPSA) is 100 Å². The van der Waals surface area contributed by atoms with Gasteiger partial charge in [-0.1, -0.05) is 22.0 Å². The van der Waals surface area contributed by atoms with Crippen molar-refractivity contribution in [2.75, 3.05) is 17.2 Å². The number of hydrogen-bond donors (Lipinski definition) is 3. The molecule has 0 spiro atoms. The van der Waals surface area contributed by atoms with Crippen LogP contribution in [-0.4, -0.2) is 24.3 Å². The minimum absolute atomic E-state index is 0.166. The first kappa shape index (κ1) is 20.3. The highest BCUT2D eigenvalue weighted by atomic mass is 79.9. The van der Waals surface area contributed by atoms with Gasteiger partial charge in [0, 0.05) is 21.4 Å². The number of hydrogen-bond acceptors (Lipinski definition) is 4. The Hall–Kier alpha value is -3.39. The van der Waals surface area contributed by atoms with E-state index in [0.29, 0.717) is 16.9 Å². The number of carbonyl (C=O) groups is 3. The van der Waals surface area contributed by atoms with Gasteiger partial charge in [0.2, 0.25) is 5.91 Å². The van der Waals surface area contributed by atoms with Crippen LogP contribution in [0.2, 0.25) is 0 Å². The molecule has 0 atom stereocenters. The molecular weight excluding hydrogens is 438 g/mol. The van der Waals surface area contributed by atoms with E-state index in [1.807, 2.05) is 19.1 Å². The van der Waals surface area contributed by atoms with Crippen molar-refractivity contribution in [3.8, 4) is 0 Å². The van der Waals surface area contributed by atoms with Crippen molar-refractivity contribution in [1.29, 1.82) is 0 Å². The van der Waals surface area contributed by atoms with Crippen LogP contribution in [0.15, 0.2) is 69.8 Å². The molecule has 0 radical (unpaired) electrons.